The van der Waals surface area contributed by atoms with Crippen LogP contribution < -0.4 is 0 Å². The largest absolute Gasteiger partial charge is 0.393 e. The average molecular weight is 172 g/mol. The van der Waals surface area contributed by atoms with E-state index < -0.39 is 5.60 Å². The van der Waals surface area contributed by atoms with Crippen molar-refractivity contribution in [3.8, 4) is 0 Å². The molecular formula is C10H20O2. The Morgan fingerprint density at radius 1 is 1.25 bits per heavy atom. The summed E-state index contributed by atoms with van der Waals surface area (Å²) in [5, 5.41) is 19.3. The van der Waals surface area contributed by atoms with Crippen LogP contribution in [0, 0.1) is 5.92 Å². The zero-order valence-corrected chi connectivity index (χ0v) is 6.79. The summed E-state index contributed by atoms with van der Waals surface area (Å²) in [6, 6.07) is 0. The van der Waals surface area contributed by atoms with Crippen LogP contribution in [-0.4, -0.2) is 21.9 Å². The standard InChI is InChI=1S/C9H16O2.CH4/c10-8-4-7-2-1-3-9(11,5-7)6-8;/h7-8,10-11H,1-6H2;1H4. The lowest BCUT2D eigenvalue weighted by Crippen LogP contribution is -2.44. The van der Waals surface area contributed by atoms with Crippen LogP contribution in [0.5, 0.6) is 0 Å². The topological polar surface area (TPSA) is 40.5 Å². The minimum atomic E-state index is -0.499. The molecule has 2 heteroatoms. The van der Waals surface area contributed by atoms with Crippen molar-refractivity contribution in [2.45, 2.75) is 57.7 Å². The van der Waals surface area contributed by atoms with E-state index in [-0.39, 0.29) is 13.5 Å². The van der Waals surface area contributed by atoms with E-state index in [1.54, 1.807) is 0 Å². The maximum atomic E-state index is 9.91. The molecule has 0 aromatic rings. The molecule has 2 nitrogen and oxygen atoms in total. The van der Waals surface area contributed by atoms with Gasteiger partial charge in [-0.1, -0.05) is 20.3 Å². The number of rotatable bonds is 0. The Kier molecular flexibility index (Phi) is 2.79. The fourth-order valence-corrected chi connectivity index (χ4v) is 2.75. The lowest BCUT2D eigenvalue weighted by atomic mass is 9.68. The first kappa shape index (κ1) is 10.0. The maximum Gasteiger partial charge on any atom is 0.0675 e. The summed E-state index contributed by atoms with van der Waals surface area (Å²) in [6.07, 6.45) is 5.49. The Hall–Kier alpha value is -0.0800. The molecule has 2 bridgehead atoms. The first-order chi connectivity index (χ1) is 5.18. The molecule has 2 rings (SSSR count). The van der Waals surface area contributed by atoms with Crippen LogP contribution in [0.4, 0.5) is 0 Å². The second-order valence-electron chi connectivity index (χ2n) is 4.28. The monoisotopic (exact) mass is 172 g/mol. The second-order valence-corrected chi connectivity index (χ2v) is 4.28. The van der Waals surface area contributed by atoms with Gasteiger partial charge in [0.25, 0.3) is 0 Å². The number of fused-ring (bicyclic) bond motifs is 2. The van der Waals surface area contributed by atoms with Gasteiger partial charge in [-0.15, -0.1) is 0 Å². The molecule has 12 heavy (non-hydrogen) atoms. The van der Waals surface area contributed by atoms with E-state index >= 15 is 0 Å². The molecule has 2 saturated carbocycles. The van der Waals surface area contributed by atoms with Crippen molar-refractivity contribution in [1.82, 2.24) is 0 Å². The predicted molar refractivity (Wildman–Crippen MR) is 48.9 cm³/mol. The van der Waals surface area contributed by atoms with Gasteiger partial charge in [0.15, 0.2) is 0 Å². The van der Waals surface area contributed by atoms with E-state index in [1.165, 1.54) is 6.42 Å². The van der Waals surface area contributed by atoms with Crippen molar-refractivity contribution in [3.63, 3.8) is 0 Å². The van der Waals surface area contributed by atoms with Gasteiger partial charge in [0.05, 0.1) is 11.7 Å². The van der Waals surface area contributed by atoms with E-state index in [0.29, 0.717) is 12.3 Å². The predicted octanol–water partition coefficient (Wildman–Crippen LogP) is 1.70. The summed E-state index contributed by atoms with van der Waals surface area (Å²) in [5.74, 6) is 0.595. The minimum absolute atomic E-state index is 0. The van der Waals surface area contributed by atoms with E-state index in [0.717, 1.165) is 25.7 Å². The van der Waals surface area contributed by atoms with Crippen LogP contribution in [0.25, 0.3) is 0 Å². The maximum absolute atomic E-state index is 9.91. The molecule has 0 aromatic carbocycles. The Morgan fingerprint density at radius 3 is 2.67 bits per heavy atom. The molecular weight excluding hydrogens is 152 g/mol. The molecule has 0 aliphatic heterocycles. The summed E-state index contributed by atoms with van der Waals surface area (Å²) in [7, 11) is 0. The highest BCUT2D eigenvalue weighted by Crippen LogP contribution is 2.42. The van der Waals surface area contributed by atoms with Crippen molar-refractivity contribution in [2.24, 2.45) is 5.92 Å². The molecule has 2 fully saturated rings. The summed E-state index contributed by atoms with van der Waals surface area (Å²) in [4.78, 5) is 0. The Balaban J connectivity index is 0.000000720. The Morgan fingerprint density at radius 2 is 2.00 bits per heavy atom. The summed E-state index contributed by atoms with van der Waals surface area (Å²) < 4.78 is 0. The lowest BCUT2D eigenvalue weighted by molar-refractivity contribution is -0.0906. The third-order valence-electron chi connectivity index (χ3n) is 3.14. The quantitative estimate of drug-likeness (QED) is 0.584. The fraction of sp³-hybridized carbons (Fsp3) is 1.00. The molecule has 0 aromatic heterocycles. The van der Waals surface area contributed by atoms with Crippen LogP contribution in [0.2, 0.25) is 0 Å². The van der Waals surface area contributed by atoms with Crippen LogP contribution >= 0.6 is 0 Å². The van der Waals surface area contributed by atoms with Crippen LogP contribution in [0.1, 0.15) is 46.0 Å². The molecule has 72 valence electrons. The van der Waals surface area contributed by atoms with E-state index in [2.05, 4.69) is 0 Å². The molecule has 2 N–H and O–H groups in total. The SMILES string of the molecule is C.OC1CC2CCCC(O)(C1)C2. The number of hydrogen-bond acceptors (Lipinski definition) is 2. The molecule has 0 saturated heterocycles. The zero-order valence-electron chi connectivity index (χ0n) is 6.79. The molecule has 2 aliphatic carbocycles. The second kappa shape index (κ2) is 3.35. The molecule has 0 radical (unpaired) electrons. The fourth-order valence-electron chi connectivity index (χ4n) is 2.75. The van der Waals surface area contributed by atoms with Crippen LogP contribution in [-0.2, 0) is 0 Å². The molecule has 0 amide bonds. The van der Waals surface area contributed by atoms with E-state index in [1.807, 2.05) is 0 Å². The first-order valence-electron chi connectivity index (χ1n) is 4.58. The first-order valence-corrected chi connectivity index (χ1v) is 4.58. The summed E-state index contributed by atoms with van der Waals surface area (Å²) >= 11 is 0. The smallest absolute Gasteiger partial charge is 0.0675 e. The zero-order chi connectivity index (χ0) is 7.90. The van der Waals surface area contributed by atoms with Crippen LogP contribution in [0.15, 0.2) is 0 Å². The van der Waals surface area contributed by atoms with Gasteiger partial charge in [-0.25, -0.2) is 0 Å². The van der Waals surface area contributed by atoms with E-state index in [4.69, 9.17) is 0 Å². The molecule has 2 aliphatic rings. The van der Waals surface area contributed by atoms with Crippen LogP contribution in [0.3, 0.4) is 0 Å². The minimum Gasteiger partial charge on any atom is -0.393 e. The van der Waals surface area contributed by atoms with Crippen molar-refractivity contribution in [2.75, 3.05) is 0 Å². The van der Waals surface area contributed by atoms with Crippen molar-refractivity contribution in [1.29, 1.82) is 0 Å². The number of hydrogen-bond donors (Lipinski definition) is 2. The van der Waals surface area contributed by atoms with Gasteiger partial charge in [-0.05, 0) is 25.2 Å². The van der Waals surface area contributed by atoms with Gasteiger partial charge >= 0.3 is 0 Å². The van der Waals surface area contributed by atoms with Gasteiger partial charge in [-0.3, -0.25) is 0 Å². The van der Waals surface area contributed by atoms with E-state index in [9.17, 15) is 10.2 Å². The Labute approximate surface area is 74.6 Å². The Bertz CT molecular complexity index is 154. The van der Waals surface area contributed by atoms with Crippen molar-refractivity contribution >= 4 is 0 Å². The van der Waals surface area contributed by atoms with Gasteiger partial charge in [-0.2, -0.15) is 0 Å². The molecule has 3 atom stereocenters. The number of aliphatic hydroxyl groups excluding tert-OH is 1. The highest BCUT2D eigenvalue weighted by atomic mass is 16.3. The highest BCUT2D eigenvalue weighted by Gasteiger charge is 2.40. The molecule has 0 heterocycles. The van der Waals surface area contributed by atoms with Gasteiger partial charge < -0.3 is 10.2 Å². The highest BCUT2D eigenvalue weighted by molar-refractivity contribution is 4.93. The molecule has 0 spiro atoms. The van der Waals surface area contributed by atoms with Gasteiger partial charge in [0.1, 0.15) is 0 Å². The third kappa shape index (κ3) is 1.80. The summed E-state index contributed by atoms with van der Waals surface area (Å²) in [5.41, 5.74) is -0.499. The van der Waals surface area contributed by atoms with Gasteiger partial charge in [0, 0.05) is 6.42 Å². The average Bonchev–Trinajstić information content (AvgIpc) is 1.82. The normalized spacial score (nSPS) is 46.5. The third-order valence-corrected chi connectivity index (χ3v) is 3.14. The van der Waals surface area contributed by atoms with Gasteiger partial charge in [0.2, 0.25) is 0 Å². The number of aliphatic hydroxyl groups is 2. The van der Waals surface area contributed by atoms with Crippen molar-refractivity contribution in [3.05, 3.63) is 0 Å². The van der Waals surface area contributed by atoms with Crippen molar-refractivity contribution < 1.29 is 10.2 Å². The lowest BCUT2D eigenvalue weighted by Gasteiger charge is -2.43. The summed E-state index contributed by atoms with van der Waals surface area (Å²) in [6.45, 7) is 0. The molecule has 3 unspecified atom stereocenters.